The molecule has 0 amide bonds. The van der Waals surface area contributed by atoms with Gasteiger partial charge in [-0.1, -0.05) is 13.0 Å². The molecule has 12 heteroatoms. The first-order valence-electron chi connectivity index (χ1n) is 12.3. The highest BCUT2D eigenvalue weighted by Crippen LogP contribution is 2.37. The van der Waals surface area contributed by atoms with Crippen LogP contribution < -0.4 is 16.0 Å². The molecule has 1 aliphatic heterocycles. The Balaban J connectivity index is 1.86. The monoisotopic (exact) mass is 641 g/mol. The van der Waals surface area contributed by atoms with Crippen LogP contribution in [0.2, 0.25) is 0 Å². The molecule has 0 aliphatic carbocycles. The molecule has 10 nitrogen and oxygen atoms in total. The molecule has 1 N–H and O–H groups in total. The number of hydrogen-bond acceptors (Lipinski definition) is 6. The van der Waals surface area contributed by atoms with E-state index in [1.54, 1.807) is 22.8 Å². The Bertz CT molecular complexity index is 1550. The van der Waals surface area contributed by atoms with Gasteiger partial charge in [-0.25, -0.2) is 13.2 Å². The third-order valence-corrected chi connectivity index (χ3v) is 9.49. The van der Waals surface area contributed by atoms with Crippen molar-refractivity contribution in [2.75, 3.05) is 39.3 Å². The summed E-state index contributed by atoms with van der Waals surface area (Å²) >= 11 is 2.11. The number of aromatic amines is 1. The predicted octanol–water partition coefficient (Wildman–Crippen LogP) is 2.60. The molecule has 0 saturated carbocycles. The molecule has 1 fully saturated rings. The Morgan fingerprint density at radius 1 is 1.16 bits per heavy atom. The summed E-state index contributed by atoms with van der Waals surface area (Å²) in [5.41, 5.74) is 1.05. The second-order valence-corrected chi connectivity index (χ2v) is 11.9. The van der Waals surface area contributed by atoms with Crippen LogP contribution in [0.4, 0.5) is 0 Å². The maximum absolute atomic E-state index is 13.6. The molecular formula is C25H32IN5O5S. The average molecular weight is 642 g/mol. The summed E-state index contributed by atoms with van der Waals surface area (Å²) in [5.74, 6) is 0.489. The average Bonchev–Trinajstić information content (AvgIpc) is 3.23. The van der Waals surface area contributed by atoms with E-state index in [1.165, 1.54) is 11.4 Å². The fourth-order valence-electron chi connectivity index (χ4n) is 4.65. The molecule has 3 heterocycles. The van der Waals surface area contributed by atoms with E-state index in [1.807, 2.05) is 19.9 Å². The molecule has 200 valence electrons. The summed E-state index contributed by atoms with van der Waals surface area (Å²) in [5, 5.41) is 0. The summed E-state index contributed by atoms with van der Waals surface area (Å²) in [6, 6.07) is 4.80. The molecule has 1 aliphatic rings. The number of rotatable bonds is 9. The van der Waals surface area contributed by atoms with E-state index in [2.05, 4.69) is 39.1 Å². The highest BCUT2D eigenvalue weighted by molar-refractivity contribution is 14.1. The number of benzene rings is 1. The van der Waals surface area contributed by atoms with Crippen LogP contribution in [0.1, 0.15) is 20.3 Å². The van der Waals surface area contributed by atoms with Gasteiger partial charge in [0.2, 0.25) is 10.0 Å². The molecule has 0 atom stereocenters. The number of H-pyrrole nitrogens is 1. The van der Waals surface area contributed by atoms with E-state index >= 15 is 0 Å². The number of aromatic nitrogens is 3. The number of halogens is 1. The van der Waals surface area contributed by atoms with Crippen molar-refractivity contribution in [2.45, 2.75) is 31.7 Å². The zero-order valence-corrected chi connectivity index (χ0v) is 24.3. The second kappa shape index (κ2) is 11.1. The van der Waals surface area contributed by atoms with Crippen molar-refractivity contribution in [2.24, 2.45) is 7.05 Å². The van der Waals surface area contributed by atoms with Gasteiger partial charge in [-0.15, -0.1) is 6.58 Å². The highest BCUT2D eigenvalue weighted by Gasteiger charge is 2.30. The van der Waals surface area contributed by atoms with Gasteiger partial charge in [-0.2, -0.15) is 4.31 Å². The number of ether oxygens (including phenoxy) is 1. The molecule has 2 aromatic heterocycles. The zero-order valence-electron chi connectivity index (χ0n) is 21.3. The van der Waals surface area contributed by atoms with Crippen molar-refractivity contribution in [3.05, 3.63) is 55.3 Å². The number of sulfonamides is 1. The molecule has 0 unspecified atom stereocenters. The number of nitrogens with zero attached hydrogens (tertiary/aromatic N) is 4. The number of hydrogen-bond donors (Lipinski definition) is 1. The van der Waals surface area contributed by atoms with Gasteiger partial charge >= 0.3 is 5.69 Å². The first kappa shape index (κ1) is 27.6. The van der Waals surface area contributed by atoms with Gasteiger partial charge in [0.1, 0.15) is 11.3 Å². The molecule has 1 saturated heterocycles. The van der Waals surface area contributed by atoms with E-state index in [9.17, 15) is 18.0 Å². The van der Waals surface area contributed by atoms with Crippen molar-refractivity contribution >= 4 is 43.6 Å². The van der Waals surface area contributed by atoms with Crippen molar-refractivity contribution in [1.29, 1.82) is 0 Å². The standard InChI is InChI=1S/C25H32IN5O5S/c1-5-10-29-12-14-30(15-13-29)37(34,35)17-8-9-19(36-7-3)18(16-17)21-20(26)23-22(27-21)24(32)28(4)25(33)31(23)11-6-2/h5,8-9,16,27H,1,6-7,10-15H2,2-4H3. The van der Waals surface area contributed by atoms with E-state index < -0.39 is 15.6 Å². The highest BCUT2D eigenvalue weighted by atomic mass is 127. The van der Waals surface area contributed by atoms with Gasteiger partial charge in [0.15, 0.2) is 0 Å². The number of fused-ring (bicyclic) bond motifs is 1. The summed E-state index contributed by atoms with van der Waals surface area (Å²) in [6.45, 7) is 11.2. The van der Waals surface area contributed by atoms with Gasteiger partial charge in [0.05, 0.1) is 26.3 Å². The molecule has 4 rings (SSSR count). The summed E-state index contributed by atoms with van der Waals surface area (Å²) < 4.78 is 37.8. The lowest BCUT2D eigenvalue weighted by molar-refractivity contribution is 0.204. The lowest BCUT2D eigenvalue weighted by Crippen LogP contribution is -2.48. The van der Waals surface area contributed by atoms with Gasteiger partial charge < -0.3 is 9.72 Å². The minimum absolute atomic E-state index is 0.149. The van der Waals surface area contributed by atoms with Crippen molar-refractivity contribution in [3.63, 3.8) is 0 Å². The molecule has 37 heavy (non-hydrogen) atoms. The Morgan fingerprint density at radius 2 is 1.86 bits per heavy atom. The number of piperazine rings is 1. The van der Waals surface area contributed by atoms with E-state index in [-0.39, 0.29) is 10.6 Å². The van der Waals surface area contributed by atoms with Crippen LogP contribution in [0.15, 0.2) is 45.3 Å². The van der Waals surface area contributed by atoms with Gasteiger partial charge in [-0.05, 0) is 54.1 Å². The summed E-state index contributed by atoms with van der Waals surface area (Å²) in [7, 11) is -2.30. The van der Waals surface area contributed by atoms with Crippen LogP contribution in [-0.4, -0.2) is 71.1 Å². The maximum atomic E-state index is 13.6. The normalized spacial score (nSPS) is 15.4. The van der Waals surface area contributed by atoms with Crippen LogP contribution in [-0.2, 0) is 23.6 Å². The Hall–Kier alpha value is -2.42. The molecule has 1 aromatic carbocycles. The molecule has 0 radical (unpaired) electrons. The Kier molecular flexibility index (Phi) is 8.31. The van der Waals surface area contributed by atoms with E-state index in [0.29, 0.717) is 77.4 Å². The lowest BCUT2D eigenvalue weighted by Gasteiger charge is -2.33. The topological polar surface area (TPSA) is 110 Å². The quantitative estimate of drug-likeness (QED) is 0.284. The smallest absolute Gasteiger partial charge is 0.331 e. The fourth-order valence-corrected chi connectivity index (χ4v) is 7.09. The van der Waals surface area contributed by atoms with Crippen molar-refractivity contribution < 1.29 is 13.2 Å². The third kappa shape index (κ3) is 5.03. The first-order valence-corrected chi connectivity index (χ1v) is 14.8. The third-order valence-electron chi connectivity index (χ3n) is 6.54. The van der Waals surface area contributed by atoms with Crippen LogP contribution in [0, 0.1) is 3.57 Å². The van der Waals surface area contributed by atoms with Crippen molar-refractivity contribution in [1.82, 2.24) is 23.3 Å². The largest absolute Gasteiger partial charge is 0.493 e. The molecule has 0 bridgehead atoms. The minimum atomic E-state index is -3.76. The van der Waals surface area contributed by atoms with E-state index in [0.717, 1.165) is 11.1 Å². The van der Waals surface area contributed by atoms with Crippen LogP contribution >= 0.6 is 22.6 Å². The molecular weight excluding hydrogens is 609 g/mol. The number of nitrogens with one attached hydrogen (secondary N) is 1. The minimum Gasteiger partial charge on any atom is -0.493 e. The van der Waals surface area contributed by atoms with Crippen LogP contribution in [0.5, 0.6) is 5.75 Å². The van der Waals surface area contributed by atoms with Crippen LogP contribution in [0.25, 0.3) is 22.3 Å². The zero-order chi connectivity index (χ0) is 26.9. The van der Waals surface area contributed by atoms with Gasteiger partial charge in [0, 0.05) is 51.9 Å². The lowest BCUT2D eigenvalue weighted by atomic mass is 10.1. The number of aryl methyl sites for hydroxylation is 1. The SMILES string of the molecule is C=CCN1CCN(S(=O)(=O)c2ccc(OCC)c(-c3[nH]c4c(=O)n(C)c(=O)n(CCC)c4c3I)c2)CC1. The first-order chi connectivity index (χ1) is 17.6. The second-order valence-electron chi connectivity index (χ2n) is 8.92. The van der Waals surface area contributed by atoms with E-state index in [4.69, 9.17) is 4.74 Å². The maximum Gasteiger partial charge on any atom is 0.331 e. The Labute approximate surface area is 229 Å². The summed E-state index contributed by atoms with van der Waals surface area (Å²) in [4.78, 5) is 31.4. The van der Waals surface area contributed by atoms with Crippen LogP contribution in [0.3, 0.4) is 0 Å². The fraction of sp³-hybridized carbons (Fsp3) is 0.440. The summed E-state index contributed by atoms with van der Waals surface area (Å²) in [6.07, 6.45) is 2.53. The Morgan fingerprint density at radius 3 is 2.49 bits per heavy atom. The van der Waals surface area contributed by atoms with Gasteiger partial charge in [-0.3, -0.25) is 18.8 Å². The predicted molar refractivity (Wildman–Crippen MR) is 153 cm³/mol. The van der Waals surface area contributed by atoms with Crippen molar-refractivity contribution in [3.8, 4) is 17.0 Å². The molecule has 0 spiro atoms. The molecule has 3 aromatic rings. The van der Waals surface area contributed by atoms with Gasteiger partial charge in [0.25, 0.3) is 5.56 Å².